The van der Waals surface area contributed by atoms with Crippen LogP contribution < -0.4 is 10.1 Å². The number of ketones is 1. The van der Waals surface area contributed by atoms with Crippen molar-refractivity contribution in [3.05, 3.63) is 84.2 Å². The summed E-state index contributed by atoms with van der Waals surface area (Å²) in [6.45, 7) is 4.82. The van der Waals surface area contributed by atoms with Crippen LogP contribution >= 0.6 is 0 Å². The molecule has 0 fully saturated rings. The first-order valence-corrected chi connectivity index (χ1v) is 12.0. The zero-order valence-corrected chi connectivity index (χ0v) is 19.9. The summed E-state index contributed by atoms with van der Waals surface area (Å²) in [5.41, 5.74) is 2.39. The van der Waals surface area contributed by atoms with Crippen LogP contribution in [0, 0.1) is 5.92 Å². The number of aromatic nitrogens is 3. The average Bonchev–Trinajstić information content (AvgIpc) is 3.38. The molecule has 0 bridgehead atoms. The number of Topliss-reactive ketones (excluding diaryl/α,β-unsaturated/α-hetero) is 1. The summed E-state index contributed by atoms with van der Waals surface area (Å²) in [6, 6.07) is 13.2. The minimum atomic E-state index is -0.325. The zero-order chi connectivity index (χ0) is 24.4. The normalized spacial score (nSPS) is 14.1. The topological polar surface area (TPSA) is 86.1 Å². The Balaban J connectivity index is 1.53. The van der Waals surface area contributed by atoms with Gasteiger partial charge in [0.15, 0.2) is 5.78 Å². The van der Waals surface area contributed by atoms with Gasteiger partial charge in [-0.1, -0.05) is 38.1 Å². The summed E-state index contributed by atoms with van der Waals surface area (Å²) in [7, 11) is 0. The Morgan fingerprint density at radius 3 is 2.77 bits per heavy atom. The lowest BCUT2D eigenvalue weighted by Crippen LogP contribution is -2.29. The van der Waals surface area contributed by atoms with Gasteiger partial charge < -0.3 is 14.6 Å². The standard InChI is InChI=1S/C28H28N4O3/c1-18(2)25(16-32-15-14-29-17-32)35-24-11-10-21-22(8-5-9-23(21)33)26(24)31-28(34)27-20-7-4-3-6-19(20)12-13-30-27/h3-4,6-7,10-15,17-18,25H,5,8-9,16H2,1-2H3,(H,31,34)/t25-/m1/s1. The van der Waals surface area contributed by atoms with E-state index in [9.17, 15) is 9.59 Å². The van der Waals surface area contributed by atoms with Crippen LogP contribution in [0.2, 0.25) is 0 Å². The Morgan fingerprint density at radius 2 is 1.97 bits per heavy atom. The number of amides is 1. The summed E-state index contributed by atoms with van der Waals surface area (Å²) in [6.07, 6.45) is 8.84. The van der Waals surface area contributed by atoms with Gasteiger partial charge in [-0.05, 0) is 47.9 Å². The summed E-state index contributed by atoms with van der Waals surface area (Å²) >= 11 is 0. The molecule has 1 amide bonds. The van der Waals surface area contributed by atoms with Crippen LogP contribution in [0.4, 0.5) is 5.69 Å². The van der Waals surface area contributed by atoms with Gasteiger partial charge in [-0.3, -0.25) is 14.6 Å². The molecule has 2 aromatic carbocycles. The third kappa shape index (κ3) is 4.67. The van der Waals surface area contributed by atoms with Crippen molar-refractivity contribution in [2.24, 2.45) is 5.92 Å². The number of fused-ring (bicyclic) bond motifs is 2. The third-order valence-corrected chi connectivity index (χ3v) is 6.50. The molecule has 178 valence electrons. The first-order valence-electron chi connectivity index (χ1n) is 12.0. The number of hydrogen-bond acceptors (Lipinski definition) is 5. The summed E-state index contributed by atoms with van der Waals surface area (Å²) in [5.74, 6) is 0.536. The molecule has 0 aliphatic heterocycles. The second-order valence-corrected chi connectivity index (χ2v) is 9.24. The van der Waals surface area contributed by atoms with Crippen molar-refractivity contribution in [3.8, 4) is 5.75 Å². The second-order valence-electron chi connectivity index (χ2n) is 9.24. The van der Waals surface area contributed by atoms with Crippen molar-refractivity contribution in [1.29, 1.82) is 0 Å². The predicted octanol–water partition coefficient (Wildman–Crippen LogP) is 5.31. The Kier molecular flexibility index (Phi) is 6.31. The van der Waals surface area contributed by atoms with Crippen LogP contribution in [0.3, 0.4) is 0 Å². The fourth-order valence-electron chi connectivity index (χ4n) is 4.57. The zero-order valence-electron chi connectivity index (χ0n) is 19.9. The van der Waals surface area contributed by atoms with E-state index in [1.807, 2.05) is 47.2 Å². The van der Waals surface area contributed by atoms with Crippen LogP contribution in [0.15, 0.2) is 67.4 Å². The molecule has 0 radical (unpaired) electrons. The van der Waals surface area contributed by atoms with E-state index in [0.29, 0.717) is 42.1 Å². The smallest absolute Gasteiger partial charge is 0.275 e. The molecule has 1 atom stereocenters. The van der Waals surface area contributed by atoms with Crippen LogP contribution in [0.1, 0.15) is 53.1 Å². The number of carbonyl (C=O) groups excluding carboxylic acids is 2. The first-order chi connectivity index (χ1) is 17.0. The maximum atomic E-state index is 13.5. The monoisotopic (exact) mass is 468 g/mol. The predicted molar refractivity (Wildman–Crippen MR) is 135 cm³/mol. The minimum Gasteiger partial charge on any atom is -0.486 e. The molecule has 0 spiro atoms. The van der Waals surface area contributed by atoms with Gasteiger partial charge >= 0.3 is 0 Å². The fraction of sp³-hybridized carbons (Fsp3) is 0.286. The molecule has 35 heavy (non-hydrogen) atoms. The van der Waals surface area contributed by atoms with Gasteiger partial charge in [-0.25, -0.2) is 4.98 Å². The highest BCUT2D eigenvalue weighted by atomic mass is 16.5. The van der Waals surface area contributed by atoms with Gasteiger partial charge in [-0.2, -0.15) is 0 Å². The van der Waals surface area contributed by atoms with Crippen molar-refractivity contribution in [2.75, 3.05) is 5.32 Å². The van der Waals surface area contributed by atoms with Crippen molar-refractivity contribution in [2.45, 2.75) is 45.8 Å². The van der Waals surface area contributed by atoms with E-state index in [1.165, 1.54) is 0 Å². The van der Waals surface area contributed by atoms with Gasteiger partial charge in [0.05, 0.1) is 18.6 Å². The second kappa shape index (κ2) is 9.70. The van der Waals surface area contributed by atoms with Crippen molar-refractivity contribution in [1.82, 2.24) is 14.5 Å². The highest BCUT2D eigenvalue weighted by Gasteiger charge is 2.27. The molecule has 4 aromatic rings. The third-order valence-electron chi connectivity index (χ3n) is 6.50. The largest absolute Gasteiger partial charge is 0.486 e. The van der Waals surface area contributed by atoms with Crippen LogP contribution in [0.5, 0.6) is 5.75 Å². The molecule has 7 nitrogen and oxygen atoms in total. The van der Waals surface area contributed by atoms with E-state index >= 15 is 0 Å². The molecule has 5 rings (SSSR count). The molecule has 0 saturated heterocycles. The van der Waals surface area contributed by atoms with Gasteiger partial charge in [0.1, 0.15) is 17.5 Å². The number of benzene rings is 2. The van der Waals surface area contributed by atoms with Crippen LogP contribution in [0.25, 0.3) is 10.8 Å². The Hall–Kier alpha value is -4.00. The molecule has 1 aliphatic rings. The van der Waals surface area contributed by atoms with Crippen molar-refractivity contribution in [3.63, 3.8) is 0 Å². The number of carbonyl (C=O) groups is 2. The van der Waals surface area contributed by atoms with Crippen molar-refractivity contribution < 1.29 is 14.3 Å². The van der Waals surface area contributed by atoms with Gasteiger partial charge in [-0.15, -0.1) is 0 Å². The van der Waals surface area contributed by atoms with Gasteiger partial charge in [0.2, 0.25) is 0 Å². The lowest BCUT2D eigenvalue weighted by atomic mass is 9.89. The van der Waals surface area contributed by atoms with Gasteiger partial charge in [0, 0.05) is 36.0 Å². The lowest BCUT2D eigenvalue weighted by Gasteiger charge is -2.27. The molecule has 0 saturated carbocycles. The minimum absolute atomic E-state index is 0.0930. The maximum Gasteiger partial charge on any atom is 0.275 e. The van der Waals surface area contributed by atoms with E-state index in [4.69, 9.17) is 4.74 Å². The Bertz CT molecular complexity index is 1370. The van der Waals surface area contributed by atoms with E-state index in [-0.39, 0.29) is 23.7 Å². The number of nitrogens with one attached hydrogen (secondary N) is 1. The molecular formula is C28H28N4O3. The molecule has 1 aliphatic carbocycles. The lowest BCUT2D eigenvalue weighted by molar-refractivity contribution is 0.0969. The number of rotatable bonds is 7. The van der Waals surface area contributed by atoms with E-state index in [1.54, 1.807) is 24.8 Å². The summed E-state index contributed by atoms with van der Waals surface area (Å²) in [4.78, 5) is 34.6. The Labute approximate surface area is 204 Å². The fourth-order valence-corrected chi connectivity index (χ4v) is 4.57. The highest BCUT2D eigenvalue weighted by Crippen LogP contribution is 2.37. The summed E-state index contributed by atoms with van der Waals surface area (Å²) in [5, 5.41) is 4.79. The SMILES string of the molecule is CC(C)[C@@H](Cn1ccnc1)Oc1ccc2c(c1NC(=O)c1nccc3ccccc13)CCCC2=O. The number of pyridine rings is 1. The highest BCUT2D eigenvalue weighted by molar-refractivity contribution is 6.13. The maximum absolute atomic E-state index is 13.5. The number of ether oxygens (including phenoxy) is 1. The Morgan fingerprint density at radius 1 is 1.11 bits per heavy atom. The number of anilines is 1. The molecule has 0 unspecified atom stereocenters. The molecular weight excluding hydrogens is 440 g/mol. The van der Waals surface area contributed by atoms with E-state index < -0.39 is 0 Å². The summed E-state index contributed by atoms with van der Waals surface area (Å²) < 4.78 is 8.49. The van der Waals surface area contributed by atoms with Crippen LogP contribution in [-0.4, -0.2) is 32.3 Å². The van der Waals surface area contributed by atoms with Gasteiger partial charge in [0.25, 0.3) is 5.91 Å². The van der Waals surface area contributed by atoms with E-state index in [2.05, 4.69) is 29.1 Å². The molecule has 2 aromatic heterocycles. The average molecular weight is 469 g/mol. The number of imidazole rings is 1. The molecule has 2 heterocycles. The van der Waals surface area contributed by atoms with Crippen LogP contribution in [-0.2, 0) is 13.0 Å². The molecule has 1 N–H and O–H groups in total. The first kappa shape index (κ1) is 22.8. The molecule has 7 heteroatoms. The van der Waals surface area contributed by atoms with E-state index in [0.717, 1.165) is 22.8 Å². The van der Waals surface area contributed by atoms with Crippen molar-refractivity contribution >= 4 is 28.2 Å². The quantitative estimate of drug-likeness (QED) is 0.397. The number of nitrogens with zero attached hydrogens (tertiary/aromatic N) is 3. The number of hydrogen-bond donors (Lipinski definition) is 1.